The van der Waals surface area contributed by atoms with Gasteiger partial charge in [0.25, 0.3) is 0 Å². The normalized spacial score (nSPS) is 11.1. The Bertz CT molecular complexity index is 745. The lowest BCUT2D eigenvalue weighted by Crippen LogP contribution is -2.03. The highest BCUT2D eigenvalue weighted by Crippen LogP contribution is 2.22. The molecule has 0 unspecified atom stereocenters. The molecule has 3 aromatic rings. The molecule has 0 saturated heterocycles. The molecule has 0 atom stereocenters. The van der Waals surface area contributed by atoms with Crippen molar-refractivity contribution in [2.45, 2.75) is 20.4 Å². The van der Waals surface area contributed by atoms with Gasteiger partial charge in [0.15, 0.2) is 0 Å². The smallest absolute Gasteiger partial charge is 0.126 e. The number of fused-ring (bicyclic) bond motifs is 1. The van der Waals surface area contributed by atoms with Crippen molar-refractivity contribution < 1.29 is 0 Å². The first-order valence-corrected chi connectivity index (χ1v) is 6.17. The molecule has 96 valence electrons. The van der Waals surface area contributed by atoms with Gasteiger partial charge in [0.2, 0.25) is 0 Å². The van der Waals surface area contributed by atoms with Gasteiger partial charge in [0.1, 0.15) is 11.6 Å². The van der Waals surface area contributed by atoms with E-state index in [-0.39, 0.29) is 0 Å². The predicted molar refractivity (Wildman–Crippen MR) is 74.5 cm³/mol. The maximum absolute atomic E-state index is 5.65. The lowest BCUT2D eigenvalue weighted by atomic mass is 10.1. The van der Waals surface area contributed by atoms with Crippen molar-refractivity contribution in [3.8, 4) is 11.3 Å². The fourth-order valence-electron chi connectivity index (χ4n) is 2.18. The van der Waals surface area contributed by atoms with Crippen molar-refractivity contribution in [3.63, 3.8) is 0 Å². The third-order valence-corrected chi connectivity index (χ3v) is 3.00. The highest BCUT2D eigenvalue weighted by molar-refractivity contribution is 5.81. The van der Waals surface area contributed by atoms with E-state index in [1.165, 1.54) is 0 Å². The van der Waals surface area contributed by atoms with E-state index in [9.17, 15) is 0 Å². The van der Waals surface area contributed by atoms with Gasteiger partial charge in [0.05, 0.1) is 22.4 Å². The van der Waals surface area contributed by atoms with Crippen LogP contribution in [0.4, 0.5) is 0 Å². The summed E-state index contributed by atoms with van der Waals surface area (Å²) in [7, 11) is 0. The van der Waals surface area contributed by atoms with Crippen LogP contribution < -0.4 is 5.73 Å². The molecule has 0 aliphatic rings. The highest BCUT2D eigenvalue weighted by atomic mass is 14.9. The van der Waals surface area contributed by atoms with Gasteiger partial charge >= 0.3 is 0 Å². The van der Waals surface area contributed by atoms with E-state index in [0.717, 1.165) is 39.6 Å². The maximum Gasteiger partial charge on any atom is 0.126 e. The molecule has 0 amide bonds. The summed E-state index contributed by atoms with van der Waals surface area (Å²) >= 11 is 0. The molecule has 0 aliphatic heterocycles. The largest absolute Gasteiger partial charge is 0.342 e. The number of aromatic nitrogens is 4. The zero-order valence-electron chi connectivity index (χ0n) is 10.9. The van der Waals surface area contributed by atoms with Crippen molar-refractivity contribution in [2.75, 3.05) is 0 Å². The van der Waals surface area contributed by atoms with E-state index in [4.69, 9.17) is 5.73 Å². The minimum Gasteiger partial charge on any atom is -0.342 e. The van der Waals surface area contributed by atoms with E-state index in [1.54, 1.807) is 0 Å². The summed E-state index contributed by atoms with van der Waals surface area (Å²) < 4.78 is 0. The van der Waals surface area contributed by atoms with Crippen molar-refractivity contribution in [2.24, 2.45) is 5.73 Å². The number of imidazole rings is 1. The van der Waals surface area contributed by atoms with Crippen LogP contribution in [0.3, 0.4) is 0 Å². The van der Waals surface area contributed by atoms with Gasteiger partial charge in [-0.15, -0.1) is 0 Å². The Balaban J connectivity index is 2.15. The topological polar surface area (TPSA) is 80.5 Å². The third kappa shape index (κ3) is 2.20. The first-order chi connectivity index (χ1) is 9.15. The number of nitrogens with one attached hydrogen (secondary N) is 1. The molecule has 0 spiro atoms. The van der Waals surface area contributed by atoms with Crippen LogP contribution in [0.15, 0.2) is 24.3 Å². The second-order valence-corrected chi connectivity index (χ2v) is 4.55. The van der Waals surface area contributed by atoms with Gasteiger partial charge in [-0.05, 0) is 32.0 Å². The average Bonchev–Trinajstić information content (AvgIpc) is 2.76. The molecule has 1 aromatic carbocycles. The van der Waals surface area contributed by atoms with Crippen LogP contribution in [0, 0.1) is 13.8 Å². The van der Waals surface area contributed by atoms with Crippen molar-refractivity contribution in [1.29, 1.82) is 0 Å². The van der Waals surface area contributed by atoms with Crippen molar-refractivity contribution >= 4 is 11.0 Å². The molecule has 5 heteroatoms. The van der Waals surface area contributed by atoms with Crippen molar-refractivity contribution in [3.05, 3.63) is 41.6 Å². The predicted octanol–water partition coefficient (Wildman–Crippen LogP) is 2.10. The summed E-state index contributed by atoms with van der Waals surface area (Å²) in [6, 6.07) is 7.99. The maximum atomic E-state index is 5.65. The molecule has 0 bridgehead atoms. The van der Waals surface area contributed by atoms with Gasteiger partial charge in [0, 0.05) is 12.1 Å². The molecular formula is C14H15N5. The van der Waals surface area contributed by atoms with Gasteiger partial charge < -0.3 is 10.7 Å². The van der Waals surface area contributed by atoms with Gasteiger partial charge in [-0.3, -0.25) is 0 Å². The number of aromatic amines is 1. The van der Waals surface area contributed by atoms with Crippen LogP contribution in [0.2, 0.25) is 0 Å². The third-order valence-electron chi connectivity index (χ3n) is 3.00. The number of aryl methyl sites for hydroxylation is 2. The molecule has 3 rings (SSSR count). The van der Waals surface area contributed by atoms with E-state index in [0.29, 0.717) is 6.54 Å². The number of hydrogen-bond acceptors (Lipinski definition) is 4. The first-order valence-electron chi connectivity index (χ1n) is 6.17. The number of rotatable bonds is 2. The van der Waals surface area contributed by atoms with Gasteiger partial charge in [-0.1, -0.05) is 6.07 Å². The molecule has 0 saturated carbocycles. The summed E-state index contributed by atoms with van der Waals surface area (Å²) in [5.41, 5.74) is 10.4. The number of benzene rings is 1. The van der Waals surface area contributed by atoms with Crippen molar-refractivity contribution in [1.82, 2.24) is 19.9 Å². The number of hydrogen-bond donors (Lipinski definition) is 2. The van der Waals surface area contributed by atoms with Crippen LogP contribution in [0.25, 0.3) is 22.3 Å². The Morgan fingerprint density at radius 3 is 2.74 bits per heavy atom. The number of H-pyrrole nitrogens is 1. The zero-order valence-corrected chi connectivity index (χ0v) is 10.9. The van der Waals surface area contributed by atoms with Crippen LogP contribution >= 0.6 is 0 Å². The molecule has 2 heterocycles. The SMILES string of the molecule is Cc1nc(CN)cc(-c2ccc3nc(C)[nH]c3c2)n1. The number of nitrogens with zero attached hydrogens (tertiary/aromatic N) is 3. The van der Waals surface area contributed by atoms with Gasteiger partial charge in [-0.25, -0.2) is 15.0 Å². The second-order valence-electron chi connectivity index (χ2n) is 4.55. The Labute approximate surface area is 110 Å². The Hall–Kier alpha value is -2.27. The molecule has 19 heavy (non-hydrogen) atoms. The summed E-state index contributed by atoms with van der Waals surface area (Å²) in [5.74, 6) is 1.65. The molecule has 2 aromatic heterocycles. The molecule has 0 fully saturated rings. The fraction of sp³-hybridized carbons (Fsp3) is 0.214. The standard InChI is InChI=1S/C14H15N5/c1-8-16-11(7-15)6-13(18-8)10-3-4-12-14(5-10)19-9(2)17-12/h3-6H,7,15H2,1-2H3,(H,17,19). The summed E-state index contributed by atoms with van der Waals surface area (Å²) in [6.45, 7) is 4.24. The van der Waals surface area contributed by atoms with E-state index < -0.39 is 0 Å². The minimum absolute atomic E-state index is 0.418. The Morgan fingerprint density at radius 2 is 1.95 bits per heavy atom. The first kappa shape index (κ1) is 11.8. The summed E-state index contributed by atoms with van der Waals surface area (Å²) in [5, 5.41) is 0. The fourth-order valence-corrected chi connectivity index (χ4v) is 2.18. The Morgan fingerprint density at radius 1 is 1.11 bits per heavy atom. The lowest BCUT2D eigenvalue weighted by Gasteiger charge is -2.05. The summed E-state index contributed by atoms with van der Waals surface area (Å²) in [6.07, 6.45) is 0. The molecular weight excluding hydrogens is 238 g/mol. The Kier molecular flexibility index (Phi) is 2.76. The van der Waals surface area contributed by atoms with Crippen LogP contribution in [-0.4, -0.2) is 19.9 Å². The number of nitrogens with two attached hydrogens (primary N) is 1. The van der Waals surface area contributed by atoms with E-state index >= 15 is 0 Å². The van der Waals surface area contributed by atoms with Gasteiger partial charge in [-0.2, -0.15) is 0 Å². The lowest BCUT2D eigenvalue weighted by molar-refractivity contribution is 0.929. The van der Waals surface area contributed by atoms with Crippen LogP contribution in [-0.2, 0) is 6.54 Å². The second kappa shape index (κ2) is 4.44. The average molecular weight is 253 g/mol. The van der Waals surface area contributed by atoms with Crippen LogP contribution in [0.1, 0.15) is 17.3 Å². The molecule has 0 radical (unpaired) electrons. The molecule has 3 N–H and O–H groups in total. The summed E-state index contributed by atoms with van der Waals surface area (Å²) in [4.78, 5) is 16.4. The minimum atomic E-state index is 0.418. The molecule has 5 nitrogen and oxygen atoms in total. The van der Waals surface area contributed by atoms with E-state index in [2.05, 4.69) is 26.0 Å². The zero-order chi connectivity index (χ0) is 13.4. The highest BCUT2D eigenvalue weighted by Gasteiger charge is 2.06. The monoisotopic (exact) mass is 253 g/mol. The molecule has 0 aliphatic carbocycles. The van der Waals surface area contributed by atoms with Crippen LogP contribution in [0.5, 0.6) is 0 Å². The quantitative estimate of drug-likeness (QED) is 0.732. The van der Waals surface area contributed by atoms with E-state index in [1.807, 2.05) is 32.0 Å².